The highest BCUT2D eigenvalue weighted by Gasteiger charge is 2.17. The molecule has 1 aliphatic carbocycles. The minimum absolute atomic E-state index is 0.272. The summed E-state index contributed by atoms with van der Waals surface area (Å²) in [6.07, 6.45) is 4.97. The van der Waals surface area contributed by atoms with Crippen LogP contribution in [0, 0.1) is 0 Å². The van der Waals surface area contributed by atoms with Crippen molar-refractivity contribution in [3.8, 4) is 0 Å². The molecule has 2 rings (SSSR count). The van der Waals surface area contributed by atoms with Crippen LogP contribution in [-0.2, 0) is 22.9 Å². The van der Waals surface area contributed by atoms with Crippen LogP contribution in [0.2, 0.25) is 0 Å². The molecular weight excluding hydrogens is 274 g/mol. The molecule has 1 aromatic rings. The second-order valence-corrected chi connectivity index (χ2v) is 7.15. The maximum absolute atomic E-state index is 12.2. The van der Waals surface area contributed by atoms with Crippen molar-refractivity contribution in [3.05, 3.63) is 29.3 Å². The van der Waals surface area contributed by atoms with Gasteiger partial charge in [0.05, 0.1) is 11.0 Å². The predicted octanol–water partition coefficient (Wildman–Crippen LogP) is 2.00. The van der Waals surface area contributed by atoms with Crippen molar-refractivity contribution in [2.45, 2.75) is 56.4 Å². The van der Waals surface area contributed by atoms with Gasteiger partial charge in [-0.15, -0.1) is 0 Å². The van der Waals surface area contributed by atoms with E-state index in [-0.39, 0.29) is 6.54 Å². The van der Waals surface area contributed by atoms with E-state index < -0.39 is 16.1 Å². The molecule has 0 heterocycles. The van der Waals surface area contributed by atoms with Crippen LogP contribution >= 0.6 is 0 Å². The molecule has 112 valence electrons. The van der Waals surface area contributed by atoms with Crippen molar-refractivity contribution in [2.75, 3.05) is 6.54 Å². The molecule has 4 nitrogen and oxygen atoms in total. The molecule has 0 saturated heterocycles. The number of rotatable bonds is 6. The highest BCUT2D eigenvalue weighted by atomic mass is 32.2. The van der Waals surface area contributed by atoms with Crippen molar-refractivity contribution in [3.63, 3.8) is 0 Å². The standard InChI is InChI=1S/C15H23NO3S/c1-2-14(17)9-10-16-20(18,19)15-8-7-12-5-3-4-6-13(12)11-15/h7-8,11,14,16-17H,2-6,9-10H2,1H3. The summed E-state index contributed by atoms with van der Waals surface area (Å²) in [6.45, 7) is 2.15. The summed E-state index contributed by atoms with van der Waals surface area (Å²) in [6, 6.07) is 5.42. The molecule has 20 heavy (non-hydrogen) atoms. The van der Waals surface area contributed by atoms with E-state index in [1.54, 1.807) is 12.1 Å². The van der Waals surface area contributed by atoms with Crippen LogP contribution in [-0.4, -0.2) is 26.2 Å². The minimum Gasteiger partial charge on any atom is -0.393 e. The van der Waals surface area contributed by atoms with Crippen LogP contribution < -0.4 is 4.72 Å². The zero-order valence-corrected chi connectivity index (χ0v) is 12.7. The number of fused-ring (bicyclic) bond motifs is 1. The van der Waals surface area contributed by atoms with Gasteiger partial charge in [0, 0.05) is 6.54 Å². The SMILES string of the molecule is CCC(O)CCNS(=O)(=O)c1ccc2c(c1)CCCC2. The second kappa shape index (κ2) is 6.70. The molecule has 1 aromatic carbocycles. The summed E-state index contributed by atoms with van der Waals surface area (Å²) < 4.78 is 26.9. The van der Waals surface area contributed by atoms with Crippen LogP contribution in [0.1, 0.15) is 43.7 Å². The molecule has 1 unspecified atom stereocenters. The van der Waals surface area contributed by atoms with E-state index in [4.69, 9.17) is 0 Å². The van der Waals surface area contributed by atoms with Gasteiger partial charge < -0.3 is 5.11 Å². The number of benzene rings is 1. The number of aliphatic hydroxyl groups is 1. The Balaban J connectivity index is 2.05. The average Bonchev–Trinajstić information content (AvgIpc) is 2.46. The van der Waals surface area contributed by atoms with Crippen LogP contribution in [0.4, 0.5) is 0 Å². The number of sulfonamides is 1. The zero-order valence-electron chi connectivity index (χ0n) is 11.9. The predicted molar refractivity (Wildman–Crippen MR) is 79.2 cm³/mol. The van der Waals surface area contributed by atoms with Crippen molar-refractivity contribution in [2.24, 2.45) is 0 Å². The third-order valence-corrected chi connectivity index (χ3v) is 5.33. The van der Waals surface area contributed by atoms with Crippen LogP contribution in [0.3, 0.4) is 0 Å². The first-order chi connectivity index (χ1) is 9.53. The lowest BCUT2D eigenvalue weighted by molar-refractivity contribution is 0.162. The first-order valence-corrected chi connectivity index (χ1v) is 8.81. The fourth-order valence-electron chi connectivity index (χ4n) is 2.52. The lowest BCUT2D eigenvalue weighted by atomic mass is 9.92. The summed E-state index contributed by atoms with van der Waals surface area (Å²) in [5.74, 6) is 0. The van der Waals surface area contributed by atoms with E-state index in [9.17, 15) is 13.5 Å². The zero-order chi connectivity index (χ0) is 14.6. The Bertz CT molecular complexity index is 554. The number of hydrogen-bond acceptors (Lipinski definition) is 3. The Morgan fingerprint density at radius 2 is 1.95 bits per heavy atom. The fourth-order valence-corrected chi connectivity index (χ4v) is 3.62. The minimum atomic E-state index is -3.46. The van der Waals surface area contributed by atoms with E-state index in [2.05, 4.69) is 4.72 Å². The number of aryl methyl sites for hydroxylation is 2. The molecule has 1 atom stereocenters. The lowest BCUT2D eigenvalue weighted by Gasteiger charge is -2.17. The van der Waals surface area contributed by atoms with Gasteiger partial charge in [0.1, 0.15) is 0 Å². The van der Waals surface area contributed by atoms with Crippen LogP contribution in [0.25, 0.3) is 0 Å². The van der Waals surface area contributed by atoms with Crippen LogP contribution in [0.5, 0.6) is 0 Å². The smallest absolute Gasteiger partial charge is 0.240 e. The van der Waals surface area contributed by atoms with Gasteiger partial charge in [0.15, 0.2) is 0 Å². The Morgan fingerprint density at radius 3 is 2.65 bits per heavy atom. The Hall–Kier alpha value is -0.910. The highest BCUT2D eigenvalue weighted by molar-refractivity contribution is 7.89. The van der Waals surface area contributed by atoms with Gasteiger partial charge in [-0.3, -0.25) is 0 Å². The van der Waals surface area contributed by atoms with Gasteiger partial charge >= 0.3 is 0 Å². The topological polar surface area (TPSA) is 66.4 Å². The molecule has 2 N–H and O–H groups in total. The molecule has 0 bridgehead atoms. The lowest BCUT2D eigenvalue weighted by Crippen LogP contribution is -2.27. The van der Waals surface area contributed by atoms with Gasteiger partial charge in [-0.25, -0.2) is 13.1 Å². The van der Waals surface area contributed by atoms with Gasteiger partial charge in [-0.05, 0) is 61.8 Å². The number of aliphatic hydroxyl groups excluding tert-OH is 1. The van der Waals surface area contributed by atoms with E-state index >= 15 is 0 Å². The number of hydrogen-bond donors (Lipinski definition) is 2. The monoisotopic (exact) mass is 297 g/mol. The molecule has 0 amide bonds. The molecule has 0 fully saturated rings. The molecule has 1 aliphatic rings. The van der Waals surface area contributed by atoms with Gasteiger partial charge in [-0.2, -0.15) is 0 Å². The Kier molecular flexibility index (Phi) is 5.18. The van der Waals surface area contributed by atoms with E-state index in [1.807, 2.05) is 13.0 Å². The molecule has 5 heteroatoms. The average molecular weight is 297 g/mol. The molecule has 0 spiro atoms. The largest absolute Gasteiger partial charge is 0.393 e. The van der Waals surface area contributed by atoms with Gasteiger partial charge in [-0.1, -0.05) is 13.0 Å². The maximum Gasteiger partial charge on any atom is 0.240 e. The van der Waals surface area contributed by atoms with E-state index in [0.717, 1.165) is 24.8 Å². The van der Waals surface area contributed by atoms with Gasteiger partial charge in [0.2, 0.25) is 10.0 Å². The quantitative estimate of drug-likeness (QED) is 0.844. The molecule has 0 radical (unpaired) electrons. The highest BCUT2D eigenvalue weighted by Crippen LogP contribution is 2.23. The van der Waals surface area contributed by atoms with Crippen molar-refractivity contribution >= 4 is 10.0 Å². The molecule has 0 aliphatic heterocycles. The van der Waals surface area contributed by atoms with Gasteiger partial charge in [0.25, 0.3) is 0 Å². The maximum atomic E-state index is 12.2. The van der Waals surface area contributed by atoms with Crippen LogP contribution in [0.15, 0.2) is 23.1 Å². The first kappa shape index (κ1) is 15.5. The van der Waals surface area contributed by atoms with E-state index in [1.165, 1.54) is 12.0 Å². The van der Waals surface area contributed by atoms with Crippen molar-refractivity contribution in [1.29, 1.82) is 0 Å². The summed E-state index contributed by atoms with van der Waals surface area (Å²) in [7, 11) is -3.46. The normalized spacial score (nSPS) is 16.7. The second-order valence-electron chi connectivity index (χ2n) is 5.39. The number of nitrogens with one attached hydrogen (secondary N) is 1. The van der Waals surface area contributed by atoms with E-state index in [0.29, 0.717) is 17.7 Å². The summed E-state index contributed by atoms with van der Waals surface area (Å²) in [5, 5.41) is 9.45. The van der Waals surface area contributed by atoms with Crippen molar-refractivity contribution < 1.29 is 13.5 Å². The fraction of sp³-hybridized carbons (Fsp3) is 0.600. The Labute approximate surface area is 121 Å². The first-order valence-electron chi connectivity index (χ1n) is 7.32. The summed E-state index contributed by atoms with van der Waals surface area (Å²) in [5.41, 5.74) is 2.43. The third-order valence-electron chi connectivity index (χ3n) is 3.87. The molecule has 0 aromatic heterocycles. The van der Waals surface area contributed by atoms with Crippen molar-refractivity contribution in [1.82, 2.24) is 4.72 Å². The Morgan fingerprint density at radius 1 is 1.25 bits per heavy atom. The third kappa shape index (κ3) is 3.81. The summed E-state index contributed by atoms with van der Waals surface area (Å²) in [4.78, 5) is 0.337. The molecule has 0 saturated carbocycles. The summed E-state index contributed by atoms with van der Waals surface area (Å²) >= 11 is 0. The molecular formula is C15H23NO3S.